The highest BCUT2D eigenvalue weighted by molar-refractivity contribution is 5.70. The fourth-order valence-electron chi connectivity index (χ4n) is 4.50. The summed E-state index contributed by atoms with van der Waals surface area (Å²) in [5.41, 5.74) is 2.26. The number of nitrogens with zero attached hydrogens (tertiary/aromatic N) is 4. The first kappa shape index (κ1) is 23.1. The monoisotopic (exact) mass is 456 g/mol. The van der Waals surface area contributed by atoms with Crippen LogP contribution in [-0.2, 0) is 23.2 Å². The van der Waals surface area contributed by atoms with E-state index < -0.39 is 5.97 Å². The van der Waals surface area contributed by atoms with Crippen LogP contribution in [0.5, 0.6) is 5.75 Å². The molecule has 2 aromatic rings. The van der Waals surface area contributed by atoms with Crippen LogP contribution in [-0.4, -0.2) is 56.5 Å². The number of hydrogen-bond acceptors (Lipinski definition) is 6. The van der Waals surface area contributed by atoms with Gasteiger partial charge in [0, 0.05) is 26.2 Å². The molecule has 9 heteroatoms. The zero-order chi connectivity index (χ0) is 23.4. The van der Waals surface area contributed by atoms with Crippen molar-refractivity contribution < 1.29 is 24.2 Å². The molecule has 1 unspecified atom stereocenters. The summed E-state index contributed by atoms with van der Waals surface area (Å²) in [6.45, 7) is 0.840. The summed E-state index contributed by atoms with van der Waals surface area (Å²) in [5, 5.41) is 13.6. The van der Waals surface area contributed by atoms with Crippen LogP contribution in [0.2, 0.25) is 0 Å². The van der Waals surface area contributed by atoms with Crippen LogP contribution < -0.4 is 4.74 Å². The quantitative estimate of drug-likeness (QED) is 0.642. The van der Waals surface area contributed by atoms with Gasteiger partial charge in [-0.05, 0) is 56.6 Å². The number of rotatable bonds is 8. The highest BCUT2D eigenvalue weighted by Crippen LogP contribution is 2.30. The predicted octanol–water partition coefficient (Wildman–Crippen LogP) is 3.87. The van der Waals surface area contributed by atoms with Gasteiger partial charge in [0.05, 0.1) is 35.8 Å². The molecule has 0 radical (unpaired) electrons. The molecular weight excluding hydrogens is 424 g/mol. The van der Waals surface area contributed by atoms with Crippen LogP contribution in [0.25, 0.3) is 11.3 Å². The van der Waals surface area contributed by atoms with E-state index in [1.807, 2.05) is 19.2 Å². The molecule has 2 aromatic heterocycles. The maximum Gasteiger partial charge on any atom is 0.409 e. The number of carboxylic acids is 1. The lowest BCUT2D eigenvalue weighted by Gasteiger charge is -2.29. The van der Waals surface area contributed by atoms with Crippen molar-refractivity contribution in [2.75, 3.05) is 13.6 Å². The lowest BCUT2D eigenvalue weighted by atomic mass is 9.85. The first-order chi connectivity index (χ1) is 15.9. The standard InChI is InChI=1S/C24H32N4O5/c1-27(14-16-5-3-6-16)24(31)32-15-22-20(13-26-28(22)2)21-10-9-19(12-25-21)33-18-8-4-7-17(11-18)23(29)30/h9-10,12-13,16-18H,3-8,11,14-15H2,1-2H3,(H,29,30)/t17?,18-/m0/s1. The van der Waals surface area contributed by atoms with Gasteiger partial charge >= 0.3 is 12.1 Å². The van der Waals surface area contributed by atoms with Crippen LogP contribution in [0.4, 0.5) is 4.79 Å². The van der Waals surface area contributed by atoms with E-state index in [1.54, 1.807) is 29.0 Å². The Morgan fingerprint density at radius 2 is 1.97 bits per heavy atom. The van der Waals surface area contributed by atoms with E-state index in [2.05, 4.69) is 10.1 Å². The molecule has 1 N–H and O–H groups in total. The van der Waals surface area contributed by atoms with Gasteiger partial charge in [-0.25, -0.2) is 4.79 Å². The predicted molar refractivity (Wildman–Crippen MR) is 121 cm³/mol. The van der Waals surface area contributed by atoms with Gasteiger partial charge < -0.3 is 19.5 Å². The number of carbonyl (C=O) groups excluding carboxylic acids is 1. The number of aryl methyl sites for hydroxylation is 1. The molecule has 0 aromatic carbocycles. The molecule has 9 nitrogen and oxygen atoms in total. The molecule has 2 fully saturated rings. The van der Waals surface area contributed by atoms with Crippen LogP contribution in [0, 0.1) is 11.8 Å². The summed E-state index contributed by atoms with van der Waals surface area (Å²) in [6.07, 6.45) is 9.42. The number of aromatic nitrogens is 3. The first-order valence-corrected chi connectivity index (χ1v) is 11.7. The number of aliphatic carboxylic acids is 1. The Balaban J connectivity index is 1.36. The van der Waals surface area contributed by atoms with E-state index in [1.165, 1.54) is 19.3 Å². The second-order valence-corrected chi connectivity index (χ2v) is 9.18. The molecule has 2 atom stereocenters. The van der Waals surface area contributed by atoms with Crippen LogP contribution in [0.1, 0.15) is 50.6 Å². The second kappa shape index (κ2) is 10.2. The van der Waals surface area contributed by atoms with Crippen molar-refractivity contribution >= 4 is 12.1 Å². The first-order valence-electron chi connectivity index (χ1n) is 11.7. The van der Waals surface area contributed by atoms with Crippen molar-refractivity contribution in [3.05, 3.63) is 30.2 Å². The smallest absolute Gasteiger partial charge is 0.409 e. The third-order valence-corrected chi connectivity index (χ3v) is 6.75. The maximum absolute atomic E-state index is 12.4. The Morgan fingerprint density at radius 3 is 2.64 bits per heavy atom. The lowest BCUT2D eigenvalue weighted by Crippen LogP contribution is -2.34. The van der Waals surface area contributed by atoms with E-state index in [-0.39, 0.29) is 24.7 Å². The molecule has 4 rings (SSSR count). The molecule has 178 valence electrons. The van der Waals surface area contributed by atoms with Gasteiger partial charge in [0.1, 0.15) is 12.4 Å². The zero-order valence-electron chi connectivity index (χ0n) is 19.3. The molecular formula is C24H32N4O5. The van der Waals surface area contributed by atoms with Gasteiger partial charge in [0.15, 0.2) is 0 Å². The highest BCUT2D eigenvalue weighted by Gasteiger charge is 2.28. The lowest BCUT2D eigenvalue weighted by molar-refractivity contribution is -0.143. The van der Waals surface area contributed by atoms with Crippen molar-refractivity contribution in [1.29, 1.82) is 0 Å². The molecule has 0 aliphatic heterocycles. The summed E-state index contributed by atoms with van der Waals surface area (Å²) in [6, 6.07) is 3.68. The minimum Gasteiger partial charge on any atom is -0.489 e. The van der Waals surface area contributed by atoms with Crippen molar-refractivity contribution in [2.24, 2.45) is 18.9 Å². The molecule has 2 aliphatic carbocycles. The largest absolute Gasteiger partial charge is 0.489 e. The number of pyridine rings is 1. The van der Waals surface area contributed by atoms with Crippen molar-refractivity contribution in [3.63, 3.8) is 0 Å². The fourth-order valence-corrected chi connectivity index (χ4v) is 4.50. The van der Waals surface area contributed by atoms with Gasteiger partial charge in [-0.3, -0.25) is 14.5 Å². The van der Waals surface area contributed by atoms with Gasteiger partial charge in [-0.2, -0.15) is 5.10 Å². The summed E-state index contributed by atoms with van der Waals surface area (Å²) in [7, 11) is 3.58. The molecule has 33 heavy (non-hydrogen) atoms. The number of carboxylic acid groups (broad SMARTS) is 1. The summed E-state index contributed by atoms with van der Waals surface area (Å²) >= 11 is 0. The summed E-state index contributed by atoms with van der Waals surface area (Å²) in [4.78, 5) is 29.8. The van der Waals surface area contributed by atoms with Gasteiger partial charge in [-0.1, -0.05) is 6.42 Å². The SMILES string of the molecule is CN(CC1CCC1)C(=O)OCc1c(-c2ccc(O[C@H]3CCCC(C(=O)O)C3)cn2)cnn1C. The molecule has 0 saturated heterocycles. The van der Waals surface area contributed by atoms with Crippen molar-refractivity contribution in [2.45, 2.75) is 57.7 Å². The second-order valence-electron chi connectivity index (χ2n) is 9.18. The van der Waals surface area contributed by atoms with Crippen molar-refractivity contribution in [3.8, 4) is 17.0 Å². The fraction of sp³-hybridized carbons (Fsp3) is 0.583. The minimum absolute atomic E-state index is 0.109. The Hall–Kier alpha value is -3.10. The van der Waals surface area contributed by atoms with Crippen LogP contribution in [0.15, 0.2) is 24.5 Å². The Labute approximate surface area is 193 Å². The molecule has 1 amide bonds. The molecule has 2 heterocycles. The van der Waals surface area contributed by atoms with Gasteiger partial charge in [0.2, 0.25) is 0 Å². The molecule has 2 saturated carbocycles. The zero-order valence-corrected chi connectivity index (χ0v) is 19.3. The number of amides is 1. The minimum atomic E-state index is -0.754. The highest BCUT2D eigenvalue weighted by atomic mass is 16.6. The van der Waals surface area contributed by atoms with Gasteiger partial charge in [-0.15, -0.1) is 0 Å². The normalized spacial score (nSPS) is 20.7. The average Bonchev–Trinajstić information content (AvgIpc) is 3.15. The Morgan fingerprint density at radius 1 is 1.18 bits per heavy atom. The van der Waals surface area contributed by atoms with E-state index in [4.69, 9.17) is 9.47 Å². The van der Waals surface area contributed by atoms with Crippen LogP contribution in [0.3, 0.4) is 0 Å². The number of hydrogen-bond donors (Lipinski definition) is 1. The number of ether oxygens (including phenoxy) is 2. The van der Waals surface area contributed by atoms with Crippen molar-refractivity contribution in [1.82, 2.24) is 19.7 Å². The average molecular weight is 457 g/mol. The molecule has 2 aliphatic rings. The van der Waals surface area contributed by atoms with E-state index in [9.17, 15) is 14.7 Å². The van der Waals surface area contributed by atoms with E-state index >= 15 is 0 Å². The van der Waals surface area contributed by atoms with Gasteiger partial charge in [0.25, 0.3) is 0 Å². The van der Waals surface area contributed by atoms with Crippen LogP contribution >= 0.6 is 0 Å². The summed E-state index contributed by atoms with van der Waals surface area (Å²) < 4.78 is 13.2. The summed E-state index contributed by atoms with van der Waals surface area (Å²) in [5.74, 6) is 0.105. The maximum atomic E-state index is 12.4. The number of carbonyl (C=O) groups is 2. The topological polar surface area (TPSA) is 107 Å². The Bertz CT molecular complexity index is 970. The molecule has 0 spiro atoms. The third kappa shape index (κ3) is 5.64. The van der Waals surface area contributed by atoms with E-state index in [0.29, 0.717) is 30.2 Å². The van der Waals surface area contributed by atoms with E-state index in [0.717, 1.165) is 30.6 Å². The Kier molecular flexibility index (Phi) is 7.15. The third-order valence-electron chi connectivity index (χ3n) is 6.75. The molecule has 0 bridgehead atoms.